The highest BCUT2D eigenvalue weighted by atomic mass is 15.3. The topological polar surface area (TPSA) is 56.3 Å². The third-order valence-corrected chi connectivity index (χ3v) is 3.48. The molecule has 1 atom stereocenters. The molecular formula is C13H18N4. The number of hydrogen-bond donors (Lipinski definition) is 1. The predicted octanol–water partition coefficient (Wildman–Crippen LogP) is 1.28. The Labute approximate surface area is 102 Å². The largest absolute Gasteiger partial charge is 0.398 e. The molecule has 0 radical (unpaired) electrons. The fourth-order valence-electron chi connectivity index (χ4n) is 2.13. The van der Waals surface area contributed by atoms with Gasteiger partial charge in [0.1, 0.15) is 6.07 Å². The Hall–Kier alpha value is -1.73. The van der Waals surface area contributed by atoms with Crippen molar-refractivity contribution in [2.24, 2.45) is 0 Å². The van der Waals surface area contributed by atoms with Crippen molar-refractivity contribution in [3.05, 3.63) is 23.8 Å². The third-order valence-electron chi connectivity index (χ3n) is 3.48. The van der Waals surface area contributed by atoms with E-state index >= 15 is 0 Å². The Bertz CT molecular complexity index is 449. The number of rotatable bonds is 1. The Balaban J connectivity index is 2.18. The molecule has 1 saturated heterocycles. The average Bonchev–Trinajstić information content (AvgIpc) is 2.32. The van der Waals surface area contributed by atoms with Gasteiger partial charge >= 0.3 is 0 Å². The highest BCUT2D eigenvalue weighted by Gasteiger charge is 2.20. The molecule has 4 heteroatoms. The van der Waals surface area contributed by atoms with E-state index in [1.54, 1.807) is 6.07 Å². The van der Waals surface area contributed by atoms with E-state index in [1.807, 2.05) is 12.1 Å². The monoisotopic (exact) mass is 230 g/mol. The van der Waals surface area contributed by atoms with Crippen molar-refractivity contribution in [3.63, 3.8) is 0 Å². The van der Waals surface area contributed by atoms with Crippen LogP contribution in [0.15, 0.2) is 18.2 Å². The number of hydrogen-bond acceptors (Lipinski definition) is 4. The zero-order valence-electron chi connectivity index (χ0n) is 10.3. The predicted molar refractivity (Wildman–Crippen MR) is 69.9 cm³/mol. The van der Waals surface area contributed by atoms with Crippen molar-refractivity contribution in [2.45, 2.75) is 13.0 Å². The lowest BCUT2D eigenvalue weighted by Gasteiger charge is -2.39. The van der Waals surface area contributed by atoms with E-state index in [9.17, 15) is 0 Å². The van der Waals surface area contributed by atoms with E-state index in [1.165, 1.54) is 0 Å². The molecule has 17 heavy (non-hydrogen) atoms. The zero-order chi connectivity index (χ0) is 12.4. The number of benzene rings is 1. The number of anilines is 2. The standard InChI is InChI=1S/C13H18N4/c1-10-9-17(6-5-16(10)2)12-4-3-11(8-14)13(15)7-12/h3-4,7,10H,5-6,9,15H2,1-2H3. The minimum absolute atomic E-state index is 0.542. The van der Waals surface area contributed by atoms with Crippen LogP contribution in [0, 0.1) is 11.3 Å². The van der Waals surface area contributed by atoms with Crippen LogP contribution in [0.4, 0.5) is 11.4 Å². The van der Waals surface area contributed by atoms with Crippen LogP contribution < -0.4 is 10.6 Å². The smallest absolute Gasteiger partial charge is 0.101 e. The van der Waals surface area contributed by atoms with Crippen LogP contribution >= 0.6 is 0 Å². The summed E-state index contributed by atoms with van der Waals surface area (Å²) in [6, 6.07) is 8.31. The molecule has 1 heterocycles. The summed E-state index contributed by atoms with van der Waals surface area (Å²) in [6.45, 7) is 5.29. The molecule has 0 amide bonds. The molecule has 2 N–H and O–H groups in total. The summed E-state index contributed by atoms with van der Waals surface area (Å²) in [4.78, 5) is 4.67. The number of nitrogens with two attached hydrogens (primary N) is 1. The summed E-state index contributed by atoms with van der Waals surface area (Å²) >= 11 is 0. The summed E-state index contributed by atoms with van der Waals surface area (Å²) in [5, 5.41) is 8.85. The minimum Gasteiger partial charge on any atom is -0.398 e. The minimum atomic E-state index is 0.542. The quantitative estimate of drug-likeness (QED) is 0.738. The molecular weight excluding hydrogens is 212 g/mol. The summed E-state index contributed by atoms with van der Waals surface area (Å²) in [6.07, 6.45) is 0. The van der Waals surface area contributed by atoms with Crippen molar-refractivity contribution >= 4 is 11.4 Å². The van der Waals surface area contributed by atoms with Crippen molar-refractivity contribution < 1.29 is 0 Å². The molecule has 0 saturated carbocycles. The van der Waals surface area contributed by atoms with Gasteiger partial charge in [0.2, 0.25) is 0 Å². The maximum atomic E-state index is 8.85. The Kier molecular flexibility index (Phi) is 3.21. The zero-order valence-corrected chi connectivity index (χ0v) is 10.3. The fourth-order valence-corrected chi connectivity index (χ4v) is 2.13. The number of nitrogen functional groups attached to an aromatic ring is 1. The highest BCUT2D eigenvalue weighted by Crippen LogP contribution is 2.23. The number of likely N-dealkylation sites (N-methyl/N-ethyl adjacent to an activating group) is 1. The molecule has 90 valence electrons. The summed E-state index contributed by atoms with van der Waals surface area (Å²) in [7, 11) is 2.15. The molecule has 0 aliphatic carbocycles. The maximum absolute atomic E-state index is 8.85. The number of nitrogens with zero attached hydrogens (tertiary/aromatic N) is 3. The van der Waals surface area contributed by atoms with E-state index < -0.39 is 0 Å². The number of piperazine rings is 1. The molecule has 1 aliphatic heterocycles. The van der Waals surface area contributed by atoms with Gasteiger partial charge in [-0.05, 0) is 32.2 Å². The van der Waals surface area contributed by atoms with Crippen molar-refractivity contribution in [3.8, 4) is 6.07 Å². The average molecular weight is 230 g/mol. The first kappa shape index (κ1) is 11.7. The highest BCUT2D eigenvalue weighted by molar-refractivity contribution is 5.63. The molecule has 1 aromatic carbocycles. The molecule has 0 bridgehead atoms. The lowest BCUT2D eigenvalue weighted by Crippen LogP contribution is -2.50. The summed E-state index contributed by atoms with van der Waals surface area (Å²) in [5.74, 6) is 0. The van der Waals surface area contributed by atoms with Crippen LogP contribution in [-0.4, -0.2) is 37.6 Å². The van der Waals surface area contributed by atoms with Crippen molar-refractivity contribution in [1.82, 2.24) is 4.90 Å². The SMILES string of the molecule is CC1CN(c2ccc(C#N)c(N)c2)CCN1C. The second-order valence-corrected chi connectivity index (χ2v) is 4.66. The first-order valence-electron chi connectivity index (χ1n) is 5.86. The first-order valence-corrected chi connectivity index (χ1v) is 5.86. The van der Waals surface area contributed by atoms with Crippen LogP contribution in [0.2, 0.25) is 0 Å². The first-order chi connectivity index (χ1) is 8.11. The van der Waals surface area contributed by atoms with Crippen LogP contribution in [-0.2, 0) is 0 Å². The van der Waals surface area contributed by atoms with Gasteiger partial charge in [-0.3, -0.25) is 0 Å². The Morgan fingerprint density at radius 3 is 2.76 bits per heavy atom. The van der Waals surface area contributed by atoms with Gasteiger partial charge in [0.05, 0.1) is 11.3 Å². The molecule has 1 unspecified atom stereocenters. The summed E-state index contributed by atoms with van der Waals surface area (Å²) < 4.78 is 0. The van der Waals surface area contributed by atoms with Crippen LogP contribution in [0.5, 0.6) is 0 Å². The fraction of sp³-hybridized carbons (Fsp3) is 0.462. The van der Waals surface area contributed by atoms with E-state index in [0.29, 0.717) is 17.3 Å². The second kappa shape index (κ2) is 4.64. The van der Waals surface area contributed by atoms with Crippen LogP contribution in [0.3, 0.4) is 0 Å². The second-order valence-electron chi connectivity index (χ2n) is 4.66. The van der Waals surface area contributed by atoms with Gasteiger partial charge < -0.3 is 15.5 Å². The van der Waals surface area contributed by atoms with Crippen molar-refractivity contribution in [1.29, 1.82) is 5.26 Å². The Morgan fingerprint density at radius 2 is 2.18 bits per heavy atom. The lowest BCUT2D eigenvalue weighted by molar-refractivity contribution is 0.234. The maximum Gasteiger partial charge on any atom is 0.101 e. The van der Waals surface area contributed by atoms with E-state index in [2.05, 4.69) is 29.8 Å². The van der Waals surface area contributed by atoms with E-state index in [-0.39, 0.29) is 0 Å². The molecule has 1 aliphatic rings. The van der Waals surface area contributed by atoms with Gasteiger partial charge in [0.15, 0.2) is 0 Å². The lowest BCUT2D eigenvalue weighted by atomic mass is 10.1. The van der Waals surface area contributed by atoms with Crippen LogP contribution in [0.25, 0.3) is 0 Å². The van der Waals surface area contributed by atoms with E-state index in [4.69, 9.17) is 11.0 Å². The van der Waals surface area contributed by atoms with Gasteiger partial charge in [0.25, 0.3) is 0 Å². The normalized spacial score (nSPS) is 21.2. The van der Waals surface area contributed by atoms with Gasteiger partial charge in [-0.25, -0.2) is 0 Å². The molecule has 0 aromatic heterocycles. The molecule has 1 aromatic rings. The molecule has 0 spiro atoms. The summed E-state index contributed by atoms with van der Waals surface area (Å²) in [5.41, 5.74) is 8.07. The van der Waals surface area contributed by atoms with E-state index in [0.717, 1.165) is 25.3 Å². The molecule has 2 rings (SSSR count). The Morgan fingerprint density at radius 1 is 1.41 bits per heavy atom. The van der Waals surface area contributed by atoms with Gasteiger partial charge in [-0.15, -0.1) is 0 Å². The van der Waals surface area contributed by atoms with Crippen molar-refractivity contribution in [2.75, 3.05) is 37.3 Å². The molecule has 1 fully saturated rings. The van der Waals surface area contributed by atoms with Gasteiger partial charge in [0, 0.05) is 31.4 Å². The molecule has 4 nitrogen and oxygen atoms in total. The number of nitriles is 1. The van der Waals surface area contributed by atoms with Gasteiger partial charge in [-0.2, -0.15) is 5.26 Å². The van der Waals surface area contributed by atoms with Crippen LogP contribution in [0.1, 0.15) is 12.5 Å². The third kappa shape index (κ3) is 2.34. The van der Waals surface area contributed by atoms with Gasteiger partial charge in [-0.1, -0.05) is 0 Å².